The molecule has 0 aliphatic heterocycles. The van der Waals surface area contributed by atoms with Gasteiger partial charge in [-0.1, -0.05) is 17.7 Å². The van der Waals surface area contributed by atoms with Gasteiger partial charge in [-0.2, -0.15) is 0 Å². The van der Waals surface area contributed by atoms with Crippen molar-refractivity contribution in [2.45, 2.75) is 44.4 Å². The SMILES string of the molecule is CC(N)C(c1ccc(Cl)s1)N(Cc1cccs1)C1CC1. The van der Waals surface area contributed by atoms with Crippen molar-refractivity contribution >= 4 is 34.3 Å². The van der Waals surface area contributed by atoms with Crippen molar-refractivity contribution < 1.29 is 0 Å². The second-order valence-corrected chi connectivity index (χ2v) is 8.21. The molecular formula is C15H19ClN2S2. The van der Waals surface area contributed by atoms with Crippen molar-refractivity contribution in [3.05, 3.63) is 43.7 Å². The van der Waals surface area contributed by atoms with Crippen LogP contribution in [0.1, 0.15) is 35.6 Å². The summed E-state index contributed by atoms with van der Waals surface area (Å²) in [6.45, 7) is 3.09. The van der Waals surface area contributed by atoms with Gasteiger partial charge in [0, 0.05) is 28.4 Å². The van der Waals surface area contributed by atoms with Crippen LogP contribution in [0.2, 0.25) is 4.34 Å². The van der Waals surface area contributed by atoms with E-state index in [2.05, 4.69) is 35.4 Å². The van der Waals surface area contributed by atoms with Gasteiger partial charge in [-0.15, -0.1) is 22.7 Å². The third-order valence-electron chi connectivity index (χ3n) is 3.68. The highest BCUT2D eigenvalue weighted by Gasteiger charge is 2.37. The highest BCUT2D eigenvalue weighted by atomic mass is 35.5. The minimum Gasteiger partial charge on any atom is -0.326 e. The molecule has 0 aromatic carbocycles. The molecule has 0 spiro atoms. The summed E-state index contributed by atoms with van der Waals surface area (Å²) in [7, 11) is 0. The standard InChI is InChI=1S/C15H19ClN2S2/c1-10(17)15(13-6-7-14(16)20-13)18(11-4-5-11)9-12-3-2-8-19-12/h2-3,6-8,10-11,15H,4-5,9,17H2,1H3. The van der Waals surface area contributed by atoms with E-state index in [1.165, 1.54) is 22.6 Å². The molecule has 2 atom stereocenters. The number of halogens is 1. The van der Waals surface area contributed by atoms with Crippen molar-refractivity contribution in [1.29, 1.82) is 0 Å². The van der Waals surface area contributed by atoms with Crippen molar-refractivity contribution in [3.63, 3.8) is 0 Å². The van der Waals surface area contributed by atoms with E-state index in [1.54, 1.807) is 11.3 Å². The molecular weight excluding hydrogens is 308 g/mol. The maximum Gasteiger partial charge on any atom is 0.0931 e. The predicted octanol–water partition coefficient (Wildman–Crippen LogP) is 4.52. The number of nitrogens with zero attached hydrogens (tertiary/aromatic N) is 1. The summed E-state index contributed by atoms with van der Waals surface area (Å²) in [6.07, 6.45) is 2.57. The zero-order valence-corrected chi connectivity index (χ0v) is 13.8. The second kappa shape index (κ2) is 6.16. The largest absolute Gasteiger partial charge is 0.326 e. The van der Waals surface area contributed by atoms with Gasteiger partial charge in [0.05, 0.1) is 10.4 Å². The smallest absolute Gasteiger partial charge is 0.0931 e. The molecule has 1 saturated carbocycles. The molecule has 2 unspecified atom stereocenters. The molecule has 1 fully saturated rings. The number of hydrogen-bond acceptors (Lipinski definition) is 4. The number of nitrogens with two attached hydrogens (primary N) is 1. The van der Waals surface area contributed by atoms with Crippen molar-refractivity contribution in [1.82, 2.24) is 4.90 Å². The van der Waals surface area contributed by atoms with Gasteiger partial charge in [0.15, 0.2) is 0 Å². The first-order valence-electron chi connectivity index (χ1n) is 6.94. The average Bonchev–Trinajstić information content (AvgIpc) is 2.96. The Hall–Kier alpha value is -0.390. The van der Waals surface area contributed by atoms with E-state index in [0.717, 1.165) is 10.9 Å². The van der Waals surface area contributed by atoms with E-state index in [4.69, 9.17) is 17.3 Å². The molecule has 0 bridgehead atoms. The first-order valence-corrected chi connectivity index (χ1v) is 9.01. The normalized spacial score (nSPS) is 18.4. The van der Waals surface area contributed by atoms with E-state index < -0.39 is 0 Å². The Morgan fingerprint density at radius 1 is 1.40 bits per heavy atom. The van der Waals surface area contributed by atoms with E-state index >= 15 is 0 Å². The molecule has 0 amide bonds. The fourth-order valence-electron chi connectivity index (χ4n) is 2.66. The minimum atomic E-state index is 0.102. The van der Waals surface area contributed by atoms with Crippen LogP contribution in [0.3, 0.4) is 0 Å². The molecule has 108 valence electrons. The summed E-state index contributed by atoms with van der Waals surface area (Å²) >= 11 is 9.59. The van der Waals surface area contributed by atoms with Gasteiger partial charge in [-0.05, 0) is 43.3 Å². The van der Waals surface area contributed by atoms with Gasteiger partial charge in [-0.25, -0.2) is 0 Å². The summed E-state index contributed by atoms with van der Waals surface area (Å²) in [5.74, 6) is 0. The van der Waals surface area contributed by atoms with Gasteiger partial charge in [0.25, 0.3) is 0 Å². The second-order valence-electron chi connectivity index (χ2n) is 5.43. The summed E-state index contributed by atoms with van der Waals surface area (Å²) in [5, 5.41) is 2.14. The molecule has 2 nitrogen and oxygen atoms in total. The first kappa shape index (κ1) is 14.5. The Morgan fingerprint density at radius 2 is 2.20 bits per heavy atom. The molecule has 2 heterocycles. The number of rotatable bonds is 6. The Bertz CT molecular complexity index is 546. The summed E-state index contributed by atoms with van der Waals surface area (Å²) in [5.41, 5.74) is 6.30. The van der Waals surface area contributed by atoms with Gasteiger partial charge < -0.3 is 5.73 Å². The molecule has 2 N–H and O–H groups in total. The summed E-state index contributed by atoms with van der Waals surface area (Å²) in [4.78, 5) is 5.26. The third kappa shape index (κ3) is 3.26. The van der Waals surface area contributed by atoms with Gasteiger partial charge >= 0.3 is 0 Å². The van der Waals surface area contributed by atoms with Crippen molar-refractivity contribution in [2.24, 2.45) is 5.73 Å². The molecule has 3 rings (SSSR count). The van der Waals surface area contributed by atoms with Crippen LogP contribution in [-0.4, -0.2) is 17.0 Å². The molecule has 2 aromatic rings. The Morgan fingerprint density at radius 3 is 2.70 bits per heavy atom. The molecule has 0 radical (unpaired) electrons. The molecule has 20 heavy (non-hydrogen) atoms. The highest BCUT2D eigenvalue weighted by Crippen LogP contribution is 2.40. The molecule has 5 heteroatoms. The maximum atomic E-state index is 6.30. The lowest BCUT2D eigenvalue weighted by atomic mass is 10.1. The highest BCUT2D eigenvalue weighted by molar-refractivity contribution is 7.16. The number of hydrogen-bond donors (Lipinski definition) is 1. The fourth-order valence-corrected chi connectivity index (χ4v) is 4.67. The Labute approximate surface area is 133 Å². The third-order valence-corrected chi connectivity index (χ3v) is 5.84. The molecule has 1 aliphatic carbocycles. The van der Waals surface area contributed by atoms with Crippen LogP contribution in [-0.2, 0) is 6.54 Å². The van der Waals surface area contributed by atoms with Crippen LogP contribution in [0.15, 0.2) is 29.6 Å². The van der Waals surface area contributed by atoms with Gasteiger partial charge in [0.1, 0.15) is 0 Å². The molecule has 1 aliphatic rings. The van der Waals surface area contributed by atoms with Crippen molar-refractivity contribution in [3.8, 4) is 0 Å². The predicted molar refractivity (Wildman–Crippen MR) is 88.6 cm³/mol. The van der Waals surface area contributed by atoms with Crippen LogP contribution in [0.25, 0.3) is 0 Å². The van der Waals surface area contributed by atoms with Crippen LogP contribution in [0.4, 0.5) is 0 Å². The summed E-state index contributed by atoms with van der Waals surface area (Å²) < 4.78 is 0.845. The lowest BCUT2D eigenvalue weighted by Gasteiger charge is -2.33. The minimum absolute atomic E-state index is 0.102. The lowest BCUT2D eigenvalue weighted by Crippen LogP contribution is -2.39. The van der Waals surface area contributed by atoms with Crippen LogP contribution in [0.5, 0.6) is 0 Å². The quantitative estimate of drug-likeness (QED) is 0.845. The van der Waals surface area contributed by atoms with Crippen LogP contribution < -0.4 is 5.73 Å². The topological polar surface area (TPSA) is 29.3 Å². The monoisotopic (exact) mass is 326 g/mol. The van der Waals surface area contributed by atoms with Crippen LogP contribution in [0, 0.1) is 0 Å². The maximum absolute atomic E-state index is 6.30. The van der Waals surface area contributed by atoms with E-state index in [0.29, 0.717) is 6.04 Å². The zero-order chi connectivity index (χ0) is 14.1. The van der Waals surface area contributed by atoms with Crippen molar-refractivity contribution in [2.75, 3.05) is 0 Å². The average molecular weight is 327 g/mol. The van der Waals surface area contributed by atoms with Crippen LogP contribution >= 0.6 is 34.3 Å². The first-order chi connectivity index (χ1) is 9.65. The fraction of sp³-hybridized carbons (Fsp3) is 0.467. The van der Waals surface area contributed by atoms with E-state index in [-0.39, 0.29) is 12.1 Å². The zero-order valence-electron chi connectivity index (χ0n) is 11.5. The molecule has 0 saturated heterocycles. The van der Waals surface area contributed by atoms with Gasteiger partial charge in [-0.3, -0.25) is 4.90 Å². The molecule has 2 aromatic heterocycles. The number of thiophene rings is 2. The summed E-state index contributed by atoms with van der Waals surface area (Å²) in [6, 6.07) is 9.48. The Balaban J connectivity index is 1.86. The van der Waals surface area contributed by atoms with E-state index in [9.17, 15) is 0 Å². The van der Waals surface area contributed by atoms with Gasteiger partial charge in [0.2, 0.25) is 0 Å². The van der Waals surface area contributed by atoms with E-state index in [1.807, 2.05) is 17.4 Å². The lowest BCUT2D eigenvalue weighted by molar-refractivity contribution is 0.162. The Kier molecular flexibility index (Phi) is 4.48.